The Balaban J connectivity index is 1.74. The lowest BCUT2D eigenvalue weighted by atomic mass is 9.92. The van der Waals surface area contributed by atoms with Crippen LogP contribution in [0.5, 0.6) is 0 Å². The maximum absolute atomic E-state index is 14.4. The summed E-state index contributed by atoms with van der Waals surface area (Å²) in [6.07, 6.45) is 2.39. The highest BCUT2D eigenvalue weighted by atomic mass is 35.5. The second-order valence-electron chi connectivity index (χ2n) is 10.9. The summed E-state index contributed by atoms with van der Waals surface area (Å²) in [5.41, 5.74) is 7.43. The number of carbonyl (C=O) groups excluding carboxylic acids is 2. The van der Waals surface area contributed by atoms with Gasteiger partial charge < -0.3 is 25.1 Å². The van der Waals surface area contributed by atoms with Crippen molar-refractivity contribution < 1.29 is 23.5 Å². The molecule has 3 N–H and O–H groups in total. The lowest BCUT2D eigenvalue weighted by Crippen LogP contribution is -2.35. The third-order valence-electron chi connectivity index (χ3n) is 6.62. The topological polar surface area (TPSA) is 113 Å². The van der Waals surface area contributed by atoms with Crippen molar-refractivity contribution in [3.63, 3.8) is 0 Å². The van der Waals surface area contributed by atoms with E-state index in [9.17, 15) is 18.8 Å². The number of primary amides is 1. The number of benzene rings is 2. The van der Waals surface area contributed by atoms with Crippen LogP contribution in [-0.4, -0.2) is 34.7 Å². The second-order valence-corrected chi connectivity index (χ2v) is 11.3. The molecule has 40 heavy (non-hydrogen) atoms. The number of pyridine rings is 1. The maximum atomic E-state index is 14.4. The maximum Gasteiger partial charge on any atom is 0.251 e. The smallest absolute Gasteiger partial charge is 0.251 e. The Labute approximate surface area is 237 Å². The van der Waals surface area contributed by atoms with E-state index in [1.165, 1.54) is 22.8 Å². The average molecular weight is 570 g/mol. The van der Waals surface area contributed by atoms with Crippen LogP contribution in [0, 0.1) is 5.82 Å². The van der Waals surface area contributed by atoms with Crippen LogP contribution in [-0.2, 0) is 27.3 Å². The Hall–Kier alpha value is -3.53. The van der Waals surface area contributed by atoms with E-state index >= 15 is 0 Å². The molecular formula is C30H33ClFN3O5. The second kappa shape index (κ2) is 11.9. The van der Waals surface area contributed by atoms with Gasteiger partial charge in [-0.2, -0.15) is 0 Å². The third kappa shape index (κ3) is 6.96. The van der Waals surface area contributed by atoms with Crippen LogP contribution in [0.15, 0.2) is 53.5 Å². The number of nitrogens with two attached hydrogens (primary N) is 1. The molecule has 0 aliphatic carbocycles. The molecule has 2 atom stereocenters. The first-order valence-electron chi connectivity index (χ1n) is 13.0. The fourth-order valence-corrected chi connectivity index (χ4v) is 4.84. The number of halogens is 2. The van der Waals surface area contributed by atoms with Crippen LogP contribution in [0.2, 0.25) is 5.02 Å². The van der Waals surface area contributed by atoms with E-state index in [0.717, 1.165) is 22.8 Å². The average Bonchev–Trinajstić information content (AvgIpc) is 2.85. The summed E-state index contributed by atoms with van der Waals surface area (Å²) in [5, 5.41) is 3.21. The molecule has 212 valence electrons. The Morgan fingerprint density at radius 2 is 1.90 bits per heavy atom. The number of rotatable bonds is 7. The summed E-state index contributed by atoms with van der Waals surface area (Å²) in [6.45, 7) is 8.07. The van der Waals surface area contributed by atoms with Crippen LogP contribution in [0.3, 0.4) is 0 Å². The van der Waals surface area contributed by atoms with Crippen LogP contribution in [0.1, 0.15) is 61.6 Å². The van der Waals surface area contributed by atoms with Gasteiger partial charge in [0.2, 0.25) is 5.91 Å². The summed E-state index contributed by atoms with van der Waals surface area (Å²) in [7, 11) is 0. The summed E-state index contributed by atoms with van der Waals surface area (Å²) < 4.78 is 27.6. The molecule has 4 rings (SSSR count). The number of hydrogen-bond donors (Lipinski definition) is 2. The van der Waals surface area contributed by atoms with Gasteiger partial charge >= 0.3 is 0 Å². The molecule has 0 unspecified atom stereocenters. The number of hydrogen-bond acceptors (Lipinski definition) is 5. The van der Waals surface area contributed by atoms with E-state index in [0.29, 0.717) is 17.0 Å². The minimum absolute atomic E-state index is 0.0778. The highest BCUT2D eigenvalue weighted by Gasteiger charge is 2.26. The molecule has 0 saturated heterocycles. The molecular weight excluding hydrogens is 537 g/mol. The molecule has 10 heteroatoms. The molecule has 0 fully saturated rings. The van der Waals surface area contributed by atoms with Crippen molar-refractivity contribution in [3.8, 4) is 11.1 Å². The van der Waals surface area contributed by atoms with Crippen molar-refractivity contribution in [2.24, 2.45) is 5.73 Å². The van der Waals surface area contributed by atoms with Crippen molar-refractivity contribution in [2.45, 2.75) is 64.9 Å². The molecule has 2 heterocycles. The monoisotopic (exact) mass is 569 g/mol. The predicted molar refractivity (Wildman–Crippen MR) is 152 cm³/mol. The van der Waals surface area contributed by atoms with Gasteiger partial charge in [-0.05, 0) is 81.1 Å². The zero-order valence-corrected chi connectivity index (χ0v) is 23.7. The molecule has 3 aromatic rings. The van der Waals surface area contributed by atoms with Crippen LogP contribution in [0.25, 0.3) is 11.1 Å². The van der Waals surface area contributed by atoms with Gasteiger partial charge in [0.05, 0.1) is 23.9 Å². The molecule has 2 aromatic carbocycles. The van der Waals surface area contributed by atoms with Gasteiger partial charge in [0.15, 0.2) is 0 Å². The first-order valence-corrected chi connectivity index (χ1v) is 13.4. The van der Waals surface area contributed by atoms with E-state index < -0.39 is 34.8 Å². The zero-order valence-electron chi connectivity index (χ0n) is 22.9. The quantitative estimate of drug-likeness (QED) is 0.403. The summed E-state index contributed by atoms with van der Waals surface area (Å²) in [5.74, 6) is -2.33. The number of carbonyl (C=O) groups is 2. The van der Waals surface area contributed by atoms with Crippen LogP contribution in [0.4, 0.5) is 10.1 Å². The van der Waals surface area contributed by atoms with Crippen molar-refractivity contribution >= 4 is 29.1 Å². The van der Waals surface area contributed by atoms with Crippen LogP contribution < -0.4 is 16.6 Å². The van der Waals surface area contributed by atoms with Crippen molar-refractivity contribution in [1.29, 1.82) is 0 Å². The standard InChI is InChI=1S/C30H33ClFN3O5/c1-17-11-18-5-6-20(31)12-23(18)24-14-27(36)35(15-19(24)16-39-17)26(9-10-40-30(2,3)4)29(38)34-21-7-8-22(28(33)37)25(32)13-21/h5-8,12-15,17,26H,9-11,16H2,1-4H3,(H2,33,37)(H,34,38)/t17-,26+/m1/s1. The van der Waals surface area contributed by atoms with Gasteiger partial charge in [0.1, 0.15) is 11.9 Å². The fourth-order valence-electron chi connectivity index (χ4n) is 4.67. The lowest BCUT2D eigenvalue weighted by molar-refractivity contribution is -0.120. The minimum Gasteiger partial charge on any atom is -0.376 e. The third-order valence-corrected chi connectivity index (χ3v) is 6.86. The molecule has 0 bridgehead atoms. The number of anilines is 1. The Bertz CT molecular complexity index is 1500. The van der Waals surface area contributed by atoms with Gasteiger partial charge in [-0.15, -0.1) is 0 Å². The largest absolute Gasteiger partial charge is 0.376 e. The van der Waals surface area contributed by atoms with E-state index in [1.54, 1.807) is 6.20 Å². The predicted octanol–water partition coefficient (Wildman–Crippen LogP) is 5.25. The van der Waals surface area contributed by atoms with Crippen molar-refractivity contribution in [3.05, 3.63) is 86.5 Å². The number of amides is 2. The van der Waals surface area contributed by atoms with E-state index in [4.69, 9.17) is 26.8 Å². The van der Waals surface area contributed by atoms with Gasteiger partial charge in [-0.25, -0.2) is 4.39 Å². The molecule has 1 aliphatic heterocycles. The number of fused-ring (bicyclic) bond motifs is 3. The number of ether oxygens (including phenoxy) is 2. The SMILES string of the molecule is C[C@@H]1Cc2ccc(Cl)cc2-c2cc(=O)n([C@@H](CCOC(C)(C)C)C(=O)Nc3ccc(C(N)=O)c(F)c3)cc2CO1. The van der Waals surface area contributed by atoms with Crippen LogP contribution >= 0.6 is 11.6 Å². The Kier molecular flexibility index (Phi) is 8.77. The zero-order chi connectivity index (χ0) is 29.2. The van der Waals surface area contributed by atoms with Gasteiger partial charge in [0.25, 0.3) is 11.5 Å². The molecule has 2 amide bonds. The van der Waals surface area contributed by atoms with Gasteiger partial charge in [-0.3, -0.25) is 14.4 Å². The Morgan fingerprint density at radius 1 is 1.18 bits per heavy atom. The molecule has 0 spiro atoms. The molecule has 1 aromatic heterocycles. The molecule has 1 aliphatic rings. The Morgan fingerprint density at radius 3 is 2.58 bits per heavy atom. The van der Waals surface area contributed by atoms with E-state index in [2.05, 4.69) is 5.32 Å². The lowest BCUT2D eigenvalue weighted by Gasteiger charge is -2.26. The number of nitrogens with one attached hydrogen (secondary N) is 1. The summed E-state index contributed by atoms with van der Waals surface area (Å²) in [4.78, 5) is 38.5. The number of aromatic nitrogens is 1. The highest BCUT2D eigenvalue weighted by Crippen LogP contribution is 2.33. The van der Waals surface area contributed by atoms with Gasteiger partial charge in [0, 0.05) is 41.6 Å². The van der Waals surface area contributed by atoms with Crippen molar-refractivity contribution in [1.82, 2.24) is 4.57 Å². The first kappa shape index (κ1) is 29.5. The van der Waals surface area contributed by atoms with Gasteiger partial charge in [-0.1, -0.05) is 17.7 Å². The summed E-state index contributed by atoms with van der Waals surface area (Å²) >= 11 is 6.31. The van der Waals surface area contributed by atoms with E-state index in [1.807, 2.05) is 45.9 Å². The number of nitrogens with zero attached hydrogens (tertiary/aromatic N) is 1. The normalized spacial score (nSPS) is 15.8. The first-order chi connectivity index (χ1) is 18.8. The fraction of sp³-hybridized carbons (Fsp3) is 0.367. The van der Waals surface area contributed by atoms with Crippen molar-refractivity contribution in [2.75, 3.05) is 11.9 Å². The summed E-state index contributed by atoms with van der Waals surface area (Å²) in [6, 6.07) is 9.68. The molecule has 0 saturated carbocycles. The van der Waals surface area contributed by atoms with E-state index in [-0.39, 0.29) is 37.0 Å². The molecule has 8 nitrogen and oxygen atoms in total. The highest BCUT2D eigenvalue weighted by molar-refractivity contribution is 6.30. The molecule has 0 radical (unpaired) electrons. The minimum atomic E-state index is -0.985.